The van der Waals surface area contributed by atoms with Gasteiger partial charge in [-0.1, -0.05) is 30.3 Å². The molecule has 0 unspecified atom stereocenters. The van der Waals surface area contributed by atoms with Gasteiger partial charge in [0.25, 0.3) is 6.01 Å². The second kappa shape index (κ2) is 9.56. The predicted molar refractivity (Wildman–Crippen MR) is 149 cm³/mol. The maximum atomic E-state index is 12.4. The van der Waals surface area contributed by atoms with Gasteiger partial charge in [-0.3, -0.25) is 4.79 Å². The van der Waals surface area contributed by atoms with Crippen molar-refractivity contribution in [1.82, 2.24) is 9.88 Å². The number of oxazole rings is 1. The van der Waals surface area contributed by atoms with Crippen LogP contribution >= 0.6 is 0 Å². The van der Waals surface area contributed by atoms with Gasteiger partial charge in [-0.05, 0) is 54.4 Å². The van der Waals surface area contributed by atoms with Gasteiger partial charge in [0.2, 0.25) is 0 Å². The van der Waals surface area contributed by atoms with Crippen molar-refractivity contribution in [1.29, 1.82) is 0 Å². The van der Waals surface area contributed by atoms with E-state index in [1.807, 2.05) is 36.4 Å². The van der Waals surface area contributed by atoms with Crippen molar-refractivity contribution < 1.29 is 17.6 Å². The normalized spacial score (nSPS) is 16.3. The van der Waals surface area contributed by atoms with E-state index in [4.69, 9.17) is 4.42 Å². The molecule has 0 spiro atoms. The van der Waals surface area contributed by atoms with Gasteiger partial charge in [0.05, 0.1) is 4.90 Å². The lowest BCUT2D eigenvalue weighted by molar-refractivity contribution is 0.0994. The van der Waals surface area contributed by atoms with E-state index in [1.165, 1.54) is 6.26 Å². The molecule has 1 fully saturated rings. The van der Waals surface area contributed by atoms with Gasteiger partial charge in [0.15, 0.2) is 21.2 Å². The fraction of sp³-hybridized carbons (Fsp3) is 0.310. The molecule has 3 aromatic carbocycles. The molecular formula is C29H30N4O4S. The van der Waals surface area contributed by atoms with Gasteiger partial charge in [-0.25, -0.2) is 8.42 Å². The summed E-state index contributed by atoms with van der Waals surface area (Å²) in [5.41, 5.74) is 6.94. The number of aryl methyl sites for hydroxylation is 1. The molecule has 1 aliphatic carbocycles. The topological polar surface area (TPSA) is 95.8 Å². The molecule has 0 bridgehead atoms. The van der Waals surface area contributed by atoms with Crippen LogP contribution in [0.25, 0.3) is 22.2 Å². The number of likely N-dealkylation sites (N-methyl/N-ethyl adjacent to an activating group) is 1. The third-order valence-corrected chi connectivity index (χ3v) is 8.54. The summed E-state index contributed by atoms with van der Waals surface area (Å²) in [6, 6.07) is 17.7. The highest BCUT2D eigenvalue weighted by molar-refractivity contribution is 7.90. The van der Waals surface area contributed by atoms with Crippen LogP contribution in [0.4, 0.5) is 11.7 Å². The number of piperazine rings is 1. The number of nitrogens with one attached hydrogen (secondary N) is 1. The molecule has 4 aromatic rings. The van der Waals surface area contributed by atoms with Gasteiger partial charge < -0.3 is 19.5 Å². The summed E-state index contributed by atoms with van der Waals surface area (Å²) in [4.78, 5) is 21.5. The minimum absolute atomic E-state index is 0.201. The lowest BCUT2D eigenvalue weighted by Crippen LogP contribution is -2.44. The minimum Gasteiger partial charge on any atom is -0.423 e. The summed E-state index contributed by atoms with van der Waals surface area (Å²) in [5, 5.41) is 3.25. The minimum atomic E-state index is -3.37. The van der Waals surface area contributed by atoms with Crippen LogP contribution in [0.5, 0.6) is 0 Å². The second-order valence-electron chi connectivity index (χ2n) is 10.2. The van der Waals surface area contributed by atoms with E-state index < -0.39 is 9.84 Å². The Labute approximate surface area is 222 Å². The van der Waals surface area contributed by atoms with E-state index in [0.717, 1.165) is 71.6 Å². The van der Waals surface area contributed by atoms with Crippen LogP contribution in [0.2, 0.25) is 0 Å². The Morgan fingerprint density at radius 1 is 0.974 bits per heavy atom. The first-order valence-corrected chi connectivity index (χ1v) is 14.7. The molecule has 0 amide bonds. The third-order valence-electron chi connectivity index (χ3n) is 7.44. The number of para-hydroxylation sites is 1. The van der Waals surface area contributed by atoms with Crippen LogP contribution in [0.1, 0.15) is 27.9 Å². The largest absolute Gasteiger partial charge is 0.423 e. The molecule has 1 aromatic heterocycles. The van der Waals surface area contributed by atoms with E-state index in [-0.39, 0.29) is 5.78 Å². The molecule has 0 radical (unpaired) electrons. The van der Waals surface area contributed by atoms with E-state index >= 15 is 0 Å². The zero-order chi connectivity index (χ0) is 26.4. The number of sulfone groups is 1. The van der Waals surface area contributed by atoms with Gasteiger partial charge in [0, 0.05) is 62.2 Å². The van der Waals surface area contributed by atoms with Crippen LogP contribution in [0.15, 0.2) is 63.9 Å². The number of hydrogen-bond donors (Lipinski definition) is 1. The number of carbonyl (C=O) groups is 1. The SMILES string of the molecule is CN1CCN(c2cc(CNc3nc4cccc(-c5ccc6c(c5)CCC6=O)c4o3)cc(S(C)(=O)=O)c2)CC1. The van der Waals surface area contributed by atoms with E-state index in [2.05, 4.69) is 33.2 Å². The highest BCUT2D eigenvalue weighted by atomic mass is 32.2. The van der Waals surface area contributed by atoms with Gasteiger partial charge in [-0.15, -0.1) is 0 Å². The summed E-state index contributed by atoms with van der Waals surface area (Å²) in [5.74, 6) is 0.201. The molecule has 2 aliphatic rings. The fourth-order valence-corrected chi connectivity index (χ4v) is 5.96. The van der Waals surface area contributed by atoms with Crippen molar-refractivity contribution in [2.45, 2.75) is 24.3 Å². The number of anilines is 2. The zero-order valence-corrected chi connectivity index (χ0v) is 22.3. The van der Waals surface area contributed by atoms with Gasteiger partial charge >= 0.3 is 0 Å². The van der Waals surface area contributed by atoms with Crippen LogP contribution in [-0.2, 0) is 22.8 Å². The average Bonchev–Trinajstić information content (AvgIpc) is 3.50. The van der Waals surface area contributed by atoms with Crippen molar-refractivity contribution in [3.63, 3.8) is 0 Å². The van der Waals surface area contributed by atoms with Crippen LogP contribution in [0.3, 0.4) is 0 Å². The number of rotatable bonds is 6. The van der Waals surface area contributed by atoms with Crippen molar-refractivity contribution >= 4 is 38.4 Å². The maximum absolute atomic E-state index is 12.4. The molecule has 38 heavy (non-hydrogen) atoms. The fourth-order valence-electron chi connectivity index (χ4n) is 5.26. The first-order chi connectivity index (χ1) is 18.2. The summed E-state index contributed by atoms with van der Waals surface area (Å²) in [6.07, 6.45) is 2.57. The Bertz CT molecular complexity index is 1650. The second-order valence-corrected chi connectivity index (χ2v) is 12.2. The number of fused-ring (bicyclic) bond motifs is 2. The van der Waals surface area contributed by atoms with E-state index in [9.17, 15) is 13.2 Å². The standard InChI is InChI=1S/C29H30N4O4S/c1-32-10-12-33(13-11-32)22-14-19(15-23(17-22)38(2,35)36)18-30-29-31-26-5-3-4-25(28(26)37-29)21-6-8-24-20(16-21)7-9-27(24)34/h3-6,8,14-17H,7,9-13,18H2,1-2H3,(H,30,31). The highest BCUT2D eigenvalue weighted by Gasteiger charge is 2.21. The van der Waals surface area contributed by atoms with Crippen LogP contribution in [0, 0.1) is 0 Å². The first kappa shape index (κ1) is 24.6. The number of carbonyl (C=O) groups excluding carboxylic acids is 1. The van der Waals surface area contributed by atoms with Crippen molar-refractivity contribution in [2.24, 2.45) is 0 Å². The third kappa shape index (κ3) is 4.79. The lowest BCUT2D eigenvalue weighted by atomic mass is 10.00. The number of benzene rings is 3. The number of ketones is 1. The first-order valence-electron chi connectivity index (χ1n) is 12.8. The van der Waals surface area contributed by atoms with Crippen LogP contribution in [-0.4, -0.2) is 63.6 Å². The molecule has 1 N–H and O–H groups in total. The molecule has 6 rings (SSSR count). The summed E-state index contributed by atoms with van der Waals surface area (Å²) in [6.45, 7) is 3.93. The summed E-state index contributed by atoms with van der Waals surface area (Å²) < 4.78 is 31.0. The van der Waals surface area contributed by atoms with Crippen LogP contribution < -0.4 is 10.2 Å². The molecule has 9 heteroatoms. The molecule has 0 saturated carbocycles. The summed E-state index contributed by atoms with van der Waals surface area (Å²) >= 11 is 0. The Hall–Kier alpha value is -3.69. The quantitative estimate of drug-likeness (QED) is 0.392. The number of hydrogen-bond acceptors (Lipinski definition) is 8. The molecule has 0 atom stereocenters. The molecule has 1 saturated heterocycles. The maximum Gasteiger partial charge on any atom is 0.295 e. The van der Waals surface area contributed by atoms with E-state index in [0.29, 0.717) is 29.5 Å². The van der Waals surface area contributed by atoms with Gasteiger partial charge in [0.1, 0.15) is 5.52 Å². The number of nitrogens with zero attached hydrogens (tertiary/aromatic N) is 3. The molecular weight excluding hydrogens is 500 g/mol. The Morgan fingerprint density at radius 2 is 1.79 bits per heavy atom. The van der Waals surface area contributed by atoms with E-state index in [1.54, 1.807) is 12.1 Å². The van der Waals surface area contributed by atoms with Crippen molar-refractivity contribution in [3.05, 3.63) is 71.3 Å². The Kier molecular flexibility index (Phi) is 6.20. The zero-order valence-electron chi connectivity index (χ0n) is 21.5. The number of aromatic nitrogens is 1. The Balaban J connectivity index is 1.27. The van der Waals surface area contributed by atoms with Crippen molar-refractivity contribution in [3.8, 4) is 11.1 Å². The van der Waals surface area contributed by atoms with Gasteiger partial charge in [-0.2, -0.15) is 4.98 Å². The monoisotopic (exact) mass is 530 g/mol. The highest BCUT2D eigenvalue weighted by Crippen LogP contribution is 2.34. The Morgan fingerprint density at radius 3 is 2.58 bits per heavy atom. The number of Topliss-reactive ketones (excluding diaryl/α,β-unsaturated/α-hetero) is 1. The molecule has 8 nitrogen and oxygen atoms in total. The predicted octanol–water partition coefficient (Wildman–Crippen LogP) is 4.39. The molecule has 2 heterocycles. The van der Waals surface area contributed by atoms with Crippen molar-refractivity contribution in [2.75, 3.05) is 49.7 Å². The molecule has 196 valence electrons. The summed E-state index contributed by atoms with van der Waals surface area (Å²) in [7, 11) is -1.28. The molecule has 1 aliphatic heterocycles. The lowest BCUT2D eigenvalue weighted by Gasteiger charge is -2.34. The average molecular weight is 531 g/mol. The smallest absolute Gasteiger partial charge is 0.295 e.